The number of sulfonamides is 1. The molecule has 1 atom stereocenters. The van der Waals surface area contributed by atoms with Gasteiger partial charge in [0.2, 0.25) is 0 Å². The predicted molar refractivity (Wildman–Crippen MR) is 67.0 cm³/mol. The summed E-state index contributed by atoms with van der Waals surface area (Å²) in [6.07, 6.45) is 2.54. The van der Waals surface area contributed by atoms with Gasteiger partial charge in [0.05, 0.1) is 12.1 Å². The van der Waals surface area contributed by atoms with Gasteiger partial charge < -0.3 is 5.11 Å². The normalized spacial score (nSPS) is 19.1. The molecule has 0 bridgehead atoms. The first-order chi connectivity index (χ1) is 8.69. The number of hydrogen-bond acceptors (Lipinski definition) is 4. The zero-order valence-electron chi connectivity index (χ0n) is 11.0. The lowest BCUT2D eigenvalue weighted by Gasteiger charge is -2.21. The number of carboxylic acids is 1. The minimum Gasteiger partial charge on any atom is -0.481 e. The van der Waals surface area contributed by atoms with Gasteiger partial charge in [-0.2, -0.15) is 5.10 Å². The topological polar surface area (TPSA) is 101 Å². The molecular formula is C11H17N3O4S. The lowest BCUT2D eigenvalue weighted by molar-refractivity contribution is -0.142. The Hall–Kier alpha value is -1.41. The smallest absolute Gasteiger partial charge is 0.308 e. The fourth-order valence-corrected chi connectivity index (χ4v) is 4.12. The van der Waals surface area contributed by atoms with Crippen molar-refractivity contribution in [2.45, 2.75) is 37.3 Å². The molecule has 0 amide bonds. The molecule has 106 valence electrons. The number of nitrogens with one attached hydrogen (secondary N) is 1. The number of rotatable bonds is 5. The van der Waals surface area contributed by atoms with Crippen LogP contribution in [0.2, 0.25) is 0 Å². The molecule has 1 aromatic rings. The van der Waals surface area contributed by atoms with E-state index in [0.717, 1.165) is 0 Å². The third-order valence-electron chi connectivity index (χ3n) is 3.64. The van der Waals surface area contributed by atoms with Crippen LogP contribution in [0.4, 0.5) is 0 Å². The van der Waals surface area contributed by atoms with E-state index in [1.807, 2.05) is 0 Å². The van der Waals surface area contributed by atoms with Crippen molar-refractivity contribution in [2.24, 2.45) is 13.0 Å². The van der Waals surface area contributed by atoms with Gasteiger partial charge in [0, 0.05) is 18.2 Å². The summed E-state index contributed by atoms with van der Waals surface area (Å²) in [5.74, 6) is -1.75. The Morgan fingerprint density at radius 1 is 1.58 bits per heavy atom. The zero-order chi connectivity index (χ0) is 14.4. The molecule has 0 aromatic carbocycles. The summed E-state index contributed by atoms with van der Waals surface area (Å²) in [5, 5.41) is 13.0. The second-order valence-corrected chi connectivity index (χ2v) is 6.68. The second-order valence-electron chi connectivity index (χ2n) is 5.08. The molecular weight excluding hydrogens is 270 g/mol. The first kappa shape index (κ1) is 14.0. The van der Waals surface area contributed by atoms with Crippen LogP contribution >= 0.6 is 0 Å². The van der Waals surface area contributed by atoms with Crippen molar-refractivity contribution >= 4 is 16.0 Å². The summed E-state index contributed by atoms with van der Waals surface area (Å²) in [6.45, 7) is 3.18. The summed E-state index contributed by atoms with van der Waals surface area (Å²) in [4.78, 5) is 11.0. The third-order valence-corrected chi connectivity index (χ3v) is 5.41. The van der Waals surface area contributed by atoms with Crippen LogP contribution in [0.3, 0.4) is 0 Å². The monoisotopic (exact) mass is 287 g/mol. The summed E-state index contributed by atoms with van der Waals surface area (Å²) < 4.78 is 28.5. The number of aromatic nitrogens is 2. The summed E-state index contributed by atoms with van der Waals surface area (Å²) in [7, 11) is -2.22. The first-order valence-corrected chi connectivity index (χ1v) is 7.43. The van der Waals surface area contributed by atoms with Gasteiger partial charge in [-0.1, -0.05) is 6.92 Å². The van der Waals surface area contributed by atoms with Crippen molar-refractivity contribution in [1.29, 1.82) is 0 Å². The molecule has 7 nitrogen and oxygen atoms in total. The quantitative estimate of drug-likeness (QED) is 0.809. The van der Waals surface area contributed by atoms with Crippen LogP contribution < -0.4 is 4.72 Å². The maximum Gasteiger partial charge on any atom is 0.308 e. The van der Waals surface area contributed by atoms with Crippen LogP contribution in [-0.4, -0.2) is 34.8 Å². The Morgan fingerprint density at radius 2 is 2.16 bits per heavy atom. The molecule has 1 aliphatic rings. The van der Waals surface area contributed by atoms with Crippen LogP contribution in [0, 0.1) is 12.8 Å². The molecule has 8 heteroatoms. The summed E-state index contributed by atoms with van der Waals surface area (Å²) in [6, 6.07) is 0. The average molecular weight is 287 g/mol. The van der Waals surface area contributed by atoms with E-state index in [0.29, 0.717) is 18.4 Å². The molecule has 0 radical (unpaired) electrons. The van der Waals surface area contributed by atoms with E-state index < -0.39 is 27.4 Å². The lowest BCUT2D eigenvalue weighted by Crippen LogP contribution is -2.45. The van der Waals surface area contributed by atoms with Crippen LogP contribution in [0.1, 0.15) is 25.3 Å². The largest absolute Gasteiger partial charge is 0.481 e. The average Bonchev–Trinajstić information content (AvgIpc) is 2.96. The van der Waals surface area contributed by atoms with Gasteiger partial charge >= 0.3 is 5.97 Å². The van der Waals surface area contributed by atoms with E-state index in [9.17, 15) is 13.2 Å². The Labute approximate surface area is 111 Å². The van der Waals surface area contributed by atoms with Crippen molar-refractivity contribution in [1.82, 2.24) is 14.5 Å². The zero-order valence-corrected chi connectivity index (χ0v) is 11.9. The molecule has 19 heavy (non-hydrogen) atoms. The van der Waals surface area contributed by atoms with E-state index in [-0.39, 0.29) is 5.03 Å². The fourth-order valence-electron chi connectivity index (χ4n) is 2.23. The summed E-state index contributed by atoms with van der Waals surface area (Å²) >= 11 is 0. The first-order valence-electron chi connectivity index (χ1n) is 5.95. The molecule has 0 saturated heterocycles. The number of carboxylic acid groups (broad SMARTS) is 1. The molecule has 1 heterocycles. The molecule has 1 saturated carbocycles. The van der Waals surface area contributed by atoms with Crippen molar-refractivity contribution in [3.05, 3.63) is 11.8 Å². The number of nitrogens with zero attached hydrogens (tertiary/aromatic N) is 2. The van der Waals surface area contributed by atoms with E-state index >= 15 is 0 Å². The van der Waals surface area contributed by atoms with Crippen molar-refractivity contribution < 1.29 is 18.3 Å². The van der Waals surface area contributed by atoms with E-state index in [1.165, 1.54) is 17.8 Å². The minimum absolute atomic E-state index is 0.0800. The molecule has 1 unspecified atom stereocenters. The van der Waals surface area contributed by atoms with Crippen molar-refractivity contribution in [2.75, 3.05) is 0 Å². The number of carbonyl (C=O) groups is 1. The van der Waals surface area contributed by atoms with Crippen molar-refractivity contribution in [3.63, 3.8) is 0 Å². The van der Waals surface area contributed by atoms with Gasteiger partial charge in [-0.05, 0) is 19.8 Å². The standard InChI is InChI=1S/C11H17N3O4S/c1-7-6-12-14(3)9(7)19(17,18)13-11(4-5-11)8(2)10(15)16/h6,8,13H,4-5H2,1-3H3,(H,15,16). The Balaban J connectivity index is 2.31. The third kappa shape index (κ3) is 2.37. The summed E-state index contributed by atoms with van der Waals surface area (Å²) in [5.41, 5.74) is -0.324. The van der Waals surface area contributed by atoms with Gasteiger partial charge in [-0.3, -0.25) is 9.48 Å². The predicted octanol–water partition coefficient (Wildman–Crippen LogP) is 0.260. The van der Waals surface area contributed by atoms with Crippen LogP contribution in [0.15, 0.2) is 11.2 Å². The van der Waals surface area contributed by atoms with Crippen LogP contribution in [-0.2, 0) is 21.9 Å². The molecule has 1 aliphatic carbocycles. The molecule has 2 N–H and O–H groups in total. The number of hydrogen-bond donors (Lipinski definition) is 2. The Morgan fingerprint density at radius 3 is 2.53 bits per heavy atom. The van der Waals surface area contributed by atoms with Crippen LogP contribution in [0.5, 0.6) is 0 Å². The van der Waals surface area contributed by atoms with E-state index in [4.69, 9.17) is 5.11 Å². The Kier molecular flexibility index (Phi) is 3.18. The Bertz CT molecular complexity index is 596. The van der Waals surface area contributed by atoms with E-state index in [1.54, 1.807) is 14.0 Å². The van der Waals surface area contributed by atoms with Gasteiger partial charge in [0.15, 0.2) is 5.03 Å². The van der Waals surface area contributed by atoms with Crippen molar-refractivity contribution in [3.8, 4) is 0 Å². The number of aliphatic carboxylic acids is 1. The van der Waals surface area contributed by atoms with E-state index in [2.05, 4.69) is 9.82 Å². The van der Waals surface area contributed by atoms with Crippen LogP contribution in [0.25, 0.3) is 0 Å². The molecule has 0 spiro atoms. The van der Waals surface area contributed by atoms with Gasteiger partial charge in [0.25, 0.3) is 10.0 Å². The van der Waals surface area contributed by atoms with Gasteiger partial charge in [0.1, 0.15) is 0 Å². The highest BCUT2D eigenvalue weighted by atomic mass is 32.2. The fraction of sp³-hybridized carbons (Fsp3) is 0.636. The highest BCUT2D eigenvalue weighted by Crippen LogP contribution is 2.43. The maximum atomic E-state index is 12.4. The minimum atomic E-state index is -3.76. The lowest BCUT2D eigenvalue weighted by atomic mass is 10.0. The molecule has 0 aliphatic heterocycles. The number of aryl methyl sites for hydroxylation is 2. The molecule has 1 fully saturated rings. The molecule has 2 rings (SSSR count). The molecule has 1 aromatic heterocycles. The van der Waals surface area contributed by atoms with Gasteiger partial charge in [-0.15, -0.1) is 0 Å². The highest BCUT2D eigenvalue weighted by Gasteiger charge is 2.53. The van der Waals surface area contributed by atoms with Gasteiger partial charge in [-0.25, -0.2) is 13.1 Å². The maximum absolute atomic E-state index is 12.4. The second kappa shape index (κ2) is 4.31. The SMILES string of the molecule is Cc1cnn(C)c1S(=O)(=O)NC1(C(C)C(=O)O)CC1. The highest BCUT2D eigenvalue weighted by molar-refractivity contribution is 7.89.